The summed E-state index contributed by atoms with van der Waals surface area (Å²) in [6.07, 6.45) is 3.55. The third-order valence-corrected chi connectivity index (χ3v) is 4.09. The van der Waals surface area contributed by atoms with Crippen LogP contribution in [-0.4, -0.2) is 50.8 Å². The Hall–Kier alpha value is -0.990. The maximum atomic E-state index is 12.1. The summed E-state index contributed by atoms with van der Waals surface area (Å²) in [6.45, 7) is 1.94. The summed E-state index contributed by atoms with van der Waals surface area (Å²) in [5.41, 5.74) is -0.00184. The second kappa shape index (κ2) is 9.11. The van der Waals surface area contributed by atoms with Crippen LogP contribution in [0.2, 0.25) is 5.02 Å². The van der Waals surface area contributed by atoms with Crippen LogP contribution in [0.15, 0.2) is 11.4 Å². The number of nitrogens with one attached hydrogen (secondary N) is 1. The van der Waals surface area contributed by atoms with E-state index in [1.165, 1.54) is 29.7 Å². The van der Waals surface area contributed by atoms with Crippen molar-refractivity contribution in [1.82, 2.24) is 15.3 Å². The number of rotatable bonds is 8. The Morgan fingerprint density at radius 2 is 2.24 bits per heavy atom. The number of hydrogen-bond donors (Lipinski definition) is 2. The topological polar surface area (TPSA) is 92.2 Å². The first kappa shape index (κ1) is 18.1. The van der Waals surface area contributed by atoms with Crippen molar-refractivity contribution in [2.75, 3.05) is 17.8 Å². The Labute approximate surface area is 136 Å². The van der Waals surface area contributed by atoms with Crippen LogP contribution >= 0.6 is 35.1 Å². The van der Waals surface area contributed by atoms with Crippen molar-refractivity contribution in [3.63, 3.8) is 0 Å². The number of halogens is 1. The maximum Gasteiger partial charge on any atom is 0.326 e. The number of aliphatic carboxylic acids is 1. The van der Waals surface area contributed by atoms with Gasteiger partial charge in [0.25, 0.3) is 5.91 Å². The fraction of sp³-hybridized carbons (Fsp3) is 0.500. The van der Waals surface area contributed by atoms with E-state index in [4.69, 9.17) is 16.7 Å². The largest absolute Gasteiger partial charge is 0.480 e. The monoisotopic (exact) mass is 349 g/mol. The SMILES string of the molecule is CCSc1ncc(Cl)c(C(=O)NC(CCSC)C(=O)O)n1. The van der Waals surface area contributed by atoms with Crippen molar-refractivity contribution in [2.24, 2.45) is 0 Å². The number of carbonyl (C=O) groups excluding carboxylic acids is 1. The standard InChI is InChI=1S/C12H16ClN3O3S2/c1-3-21-12-14-6-7(13)9(16-12)10(17)15-8(11(18)19)4-5-20-2/h6,8H,3-5H2,1-2H3,(H,15,17)(H,18,19). The van der Waals surface area contributed by atoms with Crippen LogP contribution in [-0.2, 0) is 4.79 Å². The molecule has 0 saturated heterocycles. The third kappa shape index (κ3) is 5.72. The lowest BCUT2D eigenvalue weighted by atomic mass is 10.2. The molecule has 21 heavy (non-hydrogen) atoms. The Bertz CT molecular complexity index is 517. The highest BCUT2D eigenvalue weighted by Gasteiger charge is 2.22. The molecule has 1 aromatic rings. The minimum absolute atomic E-state index is 0.00184. The van der Waals surface area contributed by atoms with Gasteiger partial charge in [-0.2, -0.15) is 11.8 Å². The second-order valence-corrected chi connectivity index (χ2v) is 6.55. The van der Waals surface area contributed by atoms with Crippen molar-refractivity contribution in [3.8, 4) is 0 Å². The molecule has 6 nitrogen and oxygen atoms in total. The van der Waals surface area contributed by atoms with Gasteiger partial charge in [-0.15, -0.1) is 0 Å². The number of carbonyl (C=O) groups is 2. The summed E-state index contributed by atoms with van der Waals surface area (Å²) in [4.78, 5) is 31.3. The Balaban J connectivity index is 2.86. The van der Waals surface area contributed by atoms with Crippen molar-refractivity contribution >= 4 is 47.0 Å². The normalized spacial score (nSPS) is 12.0. The van der Waals surface area contributed by atoms with Gasteiger partial charge in [0.1, 0.15) is 6.04 Å². The highest BCUT2D eigenvalue weighted by atomic mass is 35.5. The highest BCUT2D eigenvalue weighted by Crippen LogP contribution is 2.18. The van der Waals surface area contributed by atoms with Gasteiger partial charge in [-0.1, -0.05) is 30.3 Å². The molecule has 0 bridgehead atoms. The lowest BCUT2D eigenvalue weighted by Gasteiger charge is -2.14. The molecule has 0 aliphatic heterocycles. The van der Waals surface area contributed by atoms with E-state index in [0.29, 0.717) is 17.3 Å². The highest BCUT2D eigenvalue weighted by molar-refractivity contribution is 7.99. The minimum Gasteiger partial charge on any atom is -0.480 e. The molecular weight excluding hydrogens is 334 g/mol. The third-order valence-electron chi connectivity index (χ3n) is 2.42. The maximum absolute atomic E-state index is 12.1. The van der Waals surface area contributed by atoms with Gasteiger partial charge in [0.05, 0.1) is 11.2 Å². The molecule has 0 saturated carbocycles. The van der Waals surface area contributed by atoms with Gasteiger partial charge in [-0.25, -0.2) is 14.8 Å². The van der Waals surface area contributed by atoms with Crippen LogP contribution in [0.1, 0.15) is 23.8 Å². The van der Waals surface area contributed by atoms with Crippen molar-refractivity contribution in [2.45, 2.75) is 24.5 Å². The van der Waals surface area contributed by atoms with Gasteiger partial charge < -0.3 is 10.4 Å². The van der Waals surface area contributed by atoms with E-state index in [1.807, 2.05) is 13.2 Å². The summed E-state index contributed by atoms with van der Waals surface area (Å²) >= 11 is 8.80. The van der Waals surface area contributed by atoms with Crippen LogP contribution in [0, 0.1) is 0 Å². The molecule has 0 radical (unpaired) electrons. The molecule has 1 aromatic heterocycles. The summed E-state index contributed by atoms with van der Waals surface area (Å²) < 4.78 is 0. The number of hydrogen-bond acceptors (Lipinski definition) is 6. The van der Waals surface area contributed by atoms with Crippen molar-refractivity contribution in [3.05, 3.63) is 16.9 Å². The number of thioether (sulfide) groups is 2. The zero-order chi connectivity index (χ0) is 15.8. The van der Waals surface area contributed by atoms with E-state index in [2.05, 4.69) is 15.3 Å². The van der Waals surface area contributed by atoms with Gasteiger partial charge in [0, 0.05) is 0 Å². The summed E-state index contributed by atoms with van der Waals surface area (Å²) in [5.74, 6) is -0.292. The lowest BCUT2D eigenvalue weighted by Crippen LogP contribution is -2.41. The zero-order valence-corrected chi connectivity index (χ0v) is 14.0. The van der Waals surface area contributed by atoms with Crippen molar-refractivity contribution in [1.29, 1.82) is 0 Å². The number of nitrogens with zero attached hydrogens (tertiary/aromatic N) is 2. The average molecular weight is 350 g/mol. The first-order chi connectivity index (χ1) is 9.99. The first-order valence-electron chi connectivity index (χ1n) is 6.17. The first-order valence-corrected chi connectivity index (χ1v) is 8.93. The van der Waals surface area contributed by atoms with E-state index in [9.17, 15) is 9.59 Å². The molecule has 116 valence electrons. The molecule has 0 spiro atoms. The molecule has 9 heteroatoms. The smallest absolute Gasteiger partial charge is 0.326 e. The number of carboxylic acid groups (broad SMARTS) is 1. The van der Waals surface area contributed by atoms with E-state index >= 15 is 0 Å². The second-order valence-electron chi connectivity index (χ2n) is 3.93. The molecule has 1 unspecified atom stereocenters. The van der Waals surface area contributed by atoms with Gasteiger partial charge >= 0.3 is 5.97 Å². The van der Waals surface area contributed by atoms with E-state index in [0.717, 1.165) is 5.75 Å². The molecule has 2 N–H and O–H groups in total. The predicted octanol–water partition coefficient (Wildman–Crippen LogP) is 2.18. The van der Waals surface area contributed by atoms with Crippen molar-refractivity contribution < 1.29 is 14.7 Å². The van der Waals surface area contributed by atoms with Crippen LogP contribution in [0.5, 0.6) is 0 Å². The lowest BCUT2D eigenvalue weighted by molar-refractivity contribution is -0.139. The van der Waals surface area contributed by atoms with E-state index in [-0.39, 0.29) is 10.7 Å². The van der Waals surface area contributed by atoms with Gasteiger partial charge in [0.15, 0.2) is 10.9 Å². The summed E-state index contributed by atoms with van der Waals surface area (Å²) in [5, 5.41) is 12.1. The molecule has 1 heterocycles. The van der Waals surface area contributed by atoms with Crippen LogP contribution in [0.4, 0.5) is 0 Å². The van der Waals surface area contributed by atoms with E-state index in [1.54, 1.807) is 0 Å². The zero-order valence-electron chi connectivity index (χ0n) is 11.6. The molecule has 0 aromatic carbocycles. The summed E-state index contributed by atoms with van der Waals surface area (Å²) in [6, 6.07) is -0.960. The van der Waals surface area contributed by atoms with Gasteiger partial charge in [0.2, 0.25) is 0 Å². The van der Waals surface area contributed by atoms with Gasteiger partial charge in [-0.05, 0) is 24.2 Å². The Morgan fingerprint density at radius 1 is 1.52 bits per heavy atom. The molecule has 1 rings (SSSR count). The number of carboxylic acids is 1. The molecule has 0 aliphatic carbocycles. The number of amides is 1. The van der Waals surface area contributed by atoms with Gasteiger partial charge in [-0.3, -0.25) is 4.79 Å². The quantitative estimate of drug-likeness (QED) is 0.549. The number of aromatic nitrogens is 2. The Kier molecular flexibility index (Phi) is 7.84. The van der Waals surface area contributed by atoms with Crippen LogP contribution in [0.3, 0.4) is 0 Å². The fourth-order valence-corrected chi connectivity index (χ4v) is 2.62. The Morgan fingerprint density at radius 3 is 2.81 bits per heavy atom. The molecule has 0 aliphatic rings. The minimum atomic E-state index is -1.08. The molecule has 1 atom stereocenters. The fourth-order valence-electron chi connectivity index (χ4n) is 1.43. The predicted molar refractivity (Wildman–Crippen MR) is 85.3 cm³/mol. The van der Waals surface area contributed by atoms with Crippen LogP contribution < -0.4 is 5.32 Å². The van der Waals surface area contributed by atoms with Crippen LogP contribution in [0.25, 0.3) is 0 Å². The molecule has 0 fully saturated rings. The summed E-state index contributed by atoms with van der Waals surface area (Å²) in [7, 11) is 0. The molecular formula is C12H16ClN3O3S2. The average Bonchev–Trinajstić information content (AvgIpc) is 2.45. The molecule has 1 amide bonds. The van der Waals surface area contributed by atoms with E-state index < -0.39 is 17.9 Å².